The first kappa shape index (κ1) is 12.1. The fourth-order valence-electron chi connectivity index (χ4n) is 1.51. The lowest BCUT2D eigenvalue weighted by Gasteiger charge is -2.16. The van der Waals surface area contributed by atoms with Gasteiger partial charge in [0.05, 0.1) is 0 Å². The van der Waals surface area contributed by atoms with Crippen molar-refractivity contribution < 1.29 is 9.53 Å². The number of benzene rings is 1. The summed E-state index contributed by atoms with van der Waals surface area (Å²) in [5.41, 5.74) is 1.06. The first-order chi connectivity index (χ1) is 8.75. The molecule has 0 bridgehead atoms. The van der Waals surface area contributed by atoms with Crippen LogP contribution in [0.3, 0.4) is 0 Å². The van der Waals surface area contributed by atoms with Gasteiger partial charge in [0.1, 0.15) is 5.75 Å². The molecular weight excluding hydrogens is 228 g/mol. The maximum absolute atomic E-state index is 11.8. The van der Waals surface area contributed by atoms with Gasteiger partial charge in [-0.1, -0.05) is 30.3 Å². The minimum Gasteiger partial charge on any atom is -0.410 e. The Morgan fingerprint density at radius 1 is 1.17 bits per heavy atom. The highest BCUT2D eigenvalue weighted by atomic mass is 16.6. The molecule has 4 heteroatoms. The van der Waals surface area contributed by atoms with Crippen LogP contribution in [0.15, 0.2) is 54.9 Å². The zero-order valence-electron chi connectivity index (χ0n) is 10.1. The molecule has 1 aromatic heterocycles. The van der Waals surface area contributed by atoms with E-state index in [0.717, 1.165) is 5.56 Å². The molecule has 0 spiro atoms. The molecule has 1 heterocycles. The Balaban J connectivity index is 1.93. The molecule has 0 unspecified atom stereocenters. The summed E-state index contributed by atoms with van der Waals surface area (Å²) in [5, 5.41) is 0. The highest BCUT2D eigenvalue weighted by Crippen LogP contribution is 2.10. The van der Waals surface area contributed by atoms with Crippen LogP contribution >= 0.6 is 0 Å². The Kier molecular flexibility index (Phi) is 3.91. The molecule has 0 aliphatic rings. The van der Waals surface area contributed by atoms with Gasteiger partial charge in [-0.2, -0.15) is 0 Å². The van der Waals surface area contributed by atoms with Gasteiger partial charge in [-0.15, -0.1) is 0 Å². The van der Waals surface area contributed by atoms with E-state index in [2.05, 4.69) is 4.98 Å². The highest BCUT2D eigenvalue weighted by Gasteiger charge is 2.11. The fraction of sp³-hybridized carbons (Fsp3) is 0.143. The van der Waals surface area contributed by atoms with Crippen molar-refractivity contribution in [3.05, 3.63) is 60.4 Å². The van der Waals surface area contributed by atoms with E-state index in [1.807, 2.05) is 30.3 Å². The van der Waals surface area contributed by atoms with E-state index in [1.165, 1.54) is 4.90 Å². The van der Waals surface area contributed by atoms with Gasteiger partial charge < -0.3 is 9.64 Å². The van der Waals surface area contributed by atoms with Crippen LogP contribution < -0.4 is 4.74 Å². The third-order valence-electron chi connectivity index (χ3n) is 2.43. The van der Waals surface area contributed by atoms with E-state index in [1.54, 1.807) is 31.6 Å². The molecule has 4 nitrogen and oxygen atoms in total. The molecule has 1 aromatic carbocycles. The number of carbonyl (C=O) groups is 1. The smallest absolute Gasteiger partial charge is 0.410 e. The predicted octanol–water partition coefficient (Wildman–Crippen LogP) is 2.71. The van der Waals surface area contributed by atoms with E-state index >= 15 is 0 Å². The average molecular weight is 242 g/mol. The Morgan fingerprint density at radius 3 is 2.50 bits per heavy atom. The largest absolute Gasteiger partial charge is 0.415 e. The summed E-state index contributed by atoms with van der Waals surface area (Å²) in [6, 6.07) is 13.1. The molecule has 2 rings (SSSR count). The van der Waals surface area contributed by atoms with Crippen LogP contribution in [0.1, 0.15) is 5.56 Å². The number of hydrogen-bond donors (Lipinski definition) is 0. The first-order valence-corrected chi connectivity index (χ1v) is 5.62. The summed E-state index contributed by atoms with van der Waals surface area (Å²) in [7, 11) is 1.70. The fourth-order valence-corrected chi connectivity index (χ4v) is 1.51. The van der Waals surface area contributed by atoms with E-state index in [0.29, 0.717) is 12.3 Å². The van der Waals surface area contributed by atoms with Gasteiger partial charge in [0.2, 0.25) is 0 Å². The van der Waals surface area contributed by atoms with Crippen molar-refractivity contribution >= 4 is 6.09 Å². The van der Waals surface area contributed by atoms with Crippen LogP contribution in [0, 0.1) is 0 Å². The molecule has 0 aliphatic carbocycles. The van der Waals surface area contributed by atoms with Crippen molar-refractivity contribution in [1.82, 2.24) is 9.88 Å². The third kappa shape index (κ3) is 3.31. The van der Waals surface area contributed by atoms with Crippen LogP contribution in [0.2, 0.25) is 0 Å². The Labute approximate surface area is 106 Å². The van der Waals surface area contributed by atoms with Crippen molar-refractivity contribution in [1.29, 1.82) is 0 Å². The van der Waals surface area contributed by atoms with Crippen molar-refractivity contribution in [2.75, 3.05) is 7.05 Å². The van der Waals surface area contributed by atoms with Crippen LogP contribution in [-0.2, 0) is 6.54 Å². The van der Waals surface area contributed by atoms with Gasteiger partial charge in [-0.25, -0.2) is 4.79 Å². The summed E-state index contributed by atoms with van der Waals surface area (Å²) in [5.74, 6) is 0.495. The lowest BCUT2D eigenvalue weighted by molar-refractivity contribution is 0.160. The Hall–Kier alpha value is -2.36. The zero-order chi connectivity index (χ0) is 12.8. The van der Waals surface area contributed by atoms with E-state index in [9.17, 15) is 4.79 Å². The number of carbonyl (C=O) groups excluding carboxylic acids is 1. The molecule has 2 aromatic rings. The van der Waals surface area contributed by atoms with Gasteiger partial charge in [0.25, 0.3) is 0 Å². The lowest BCUT2D eigenvalue weighted by Crippen LogP contribution is -2.29. The zero-order valence-corrected chi connectivity index (χ0v) is 10.1. The van der Waals surface area contributed by atoms with Crippen LogP contribution in [0.25, 0.3) is 0 Å². The summed E-state index contributed by atoms with van der Waals surface area (Å²) in [6.45, 7) is 0.519. The maximum atomic E-state index is 11.8. The van der Waals surface area contributed by atoms with Gasteiger partial charge in [0, 0.05) is 26.0 Å². The van der Waals surface area contributed by atoms with E-state index in [4.69, 9.17) is 4.74 Å². The van der Waals surface area contributed by atoms with Crippen LogP contribution in [0.4, 0.5) is 4.79 Å². The van der Waals surface area contributed by atoms with Crippen molar-refractivity contribution in [2.45, 2.75) is 6.54 Å². The predicted molar refractivity (Wildman–Crippen MR) is 68.2 cm³/mol. The molecule has 0 saturated heterocycles. The number of nitrogens with zero attached hydrogens (tertiary/aromatic N) is 2. The number of rotatable bonds is 3. The summed E-state index contributed by atoms with van der Waals surface area (Å²) >= 11 is 0. The quantitative estimate of drug-likeness (QED) is 0.831. The number of aromatic nitrogens is 1. The minimum absolute atomic E-state index is 0.384. The molecule has 92 valence electrons. The summed E-state index contributed by atoms with van der Waals surface area (Å²) in [4.78, 5) is 17.2. The molecule has 0 saturated carbocycles. The lowest BCUT2D eigenvalue weighted by atomic mass is 10.2. The summed E-state index contributed by atoms with van der Waals surface area (Å²) < 4.78 is 5.20. The SMILES string of the molecule is CN(Cc1ccccc1)C(=O)Oc1ccncc1. The standard InChI is InChI=1S/C14H14N2O2/c1-16(11-12-5-3-2-4-6-12)14(17)18-13-7-9-15-10-8-13/h2-10H,11H2,1H3. The van der Waals surface area contributed by atoms with Crippen molar-refractivity contribution in [3.8, 4) is 5.75 Å². The van der Waals surface area contributed by atoms with Gasteiger partial charge in [0.15, 0.2) is 0 Å². The third-order valence-corrected chi connectivity index (χ3v) is 2.43. The van der Waals surface area contributed by atoms with Gasteiger partial charge in [-0.05, 0) is 17.7 Å². The minimum atomic E-state index is -0.384. The number of ether oxygens (including phenoxy) is 1. The highest BCUT2D eigenvalue weighted by molar-refractivity contribution is 5.70. The molecular formula is C14H14N2O2. The van der Waals surface area contributed by atoms with Crippen LogP contribution in [0.5, 0.6) is 5.75 Å². The topological polar surface area (TPSA) is 42.4 Å². The number of amides is 1. The molecule has 0 radical (unpaired) electrons. The van der Waals surface area contributed by atoms with Gasteiger partial charge in [-0.3, -0.25) is 4.98 Å². The second-order valence-electron chi connectivity index (χ2n) is 3.89. The van der Waals surface area contributed by atoms with Crippen molar-refractivity contribution in [3.63, 3.8) is 0 Å². The first-order valence-electron chi connectivity index (χ1n) is 5.62. The van der Waals surface area contributed by atoms with E-state index in [-0.39, 0.29) is 6.09 Å². The number of hydrogen-bond acceptors (Lipinski definition) is 3. The normalized spacial score (nSPS) is 9.83. The molecule has 0 aliphatic heterocycles. The molecule has 0 atom stereocenters. The molecule has 0 N–H and O–H groups in total. The monoisotopic (exact) mass is 242 g/mol. The second kappa shape index (κ2) is 5.82. The summed E-state index contributed by atoms with van der Waals surface area (Å²) in [6.07, 6.45) is 2.78. The molecule has 1 amide bonds. The molecule has 18 heavy (non-hydrogen) atoms. The average Bonchev–Trinajstić information content (AvgIpc) is 2.41. The van der Waals surface area contributed by atoms with Crippen molar-refractivity contribution in [2.24, 2.45) is 0 Å². The number of pyridine rings is 1. The van der Waals surface area contributed by atoms with E-state index < -0.39 is 0 Å². The second-order valence-corrected chi connectivity index (χ2v) is 3.89. The molecule has 0 fully saturated rings. The van der Waals surface area contributed by atoms with Gasteiger partial charge >= 0.3 is 6.09 Å². The Bertz CT molecular complexity index is 500. The Morgan fingerprint density at radius 2 is 1.83 bits per heavy atom. The van der Waals surface area contributed by atoms with Crippen LogP contribution in [-0.4, -0.2) is 23.0 Å². The maximum Gasteiger partial charge on any atom is 0.415 e.